The first-order valence-electron chi connectivity index (χ1n) is 6.45. The zero-order valence-corrected chi connectivity index (χ0v) is 11.6. The fraction of sp³-hybridized carbons (Fsp3) is 0.214. The first kappa shape index (κ1) is 15.7. The van der Waals surface area contributed by atoms with E-state index < -0.39 is 11.7 Å². The average molecular weight is 310 g/mol. The zero-order chi connectivity index (χ0) is 16.2. The average Bonchev–Trinajstić information content (AvgIpc) is 2.46. The molecule has 0 saturated heterocycles. The van der Waals surface area contributed by atoms with Gasteiger partial charge < -0.3 is 0 Å². The summed E-state index contributed by atoms with van der Waals surface area (Å²) in [6.45, 7) is 1.86. The van der Waals surface area contributed by atoms with Crippen LogP contribution in [0, 0.1) is 0 Å². The van der Waals surface area contributed by atoms with Crippen molar-refractivity contribution in [2.45, 2.75) is 19.5 Å². The summed E-state index contributed by atoms with van der Waals surface area (Å²) in [4.78, 5) is 17.9. The number of anilines is 1. The number of nitrogens with zero attached hydrogens (tertiary/aromatic N) is 2. The Bertz CT molecular complexity index is 720. The molecule has 0 bridgehead atoms. The molecule has 0 amide bonds. The molecule has 1 heterocycles. The van der Waals surface area contributed by atoms with Crippen molar-refractivity contribution in [1.82, 2.24) is 9.97 Å². The van der Waals surface area contributed by atoms with Crippen LogP contribution in [-0.2, 0) is 12.6 Å². The molecular formula is C14H13F3N4O. The van der Waals surface area contributed by atoms with Gasteiger partial charge in [-0.05, 0) is 24.1 Å². The van der Waals surface area contributed by atoms with Gasteiger partial charge in [0.05, 0.1) is 11.8 Å². The molecule has 1 aromatic heterocycles. The van der Waals surface area contributed by atoms with Crippen molar-refractivity contribution in [3.05, 3.63) is 57.5 Å². The van der Waals surface area contributed by atoms with Gasteiger partial charge in [-0.15, -0.1) is 0 Å². The van der Waals surface area contributed by atoms with Crippen LogP contribution in [0.15, 0.2) is 40.2 Å². The largest absolute Gasteiger partial charge is 0.416 e. The Morgan fingerprint density at radius 1 is 1.32 bits per heavy atom. The summed E-state index contributed by atoms with van der Waals surface area (Å²) in [7, 11) is 0. The Labute approximate surface area is 123 Å². The molecule has 0 aliphatic rings. The third-order valence-corrected chi connectivity index (χ3v) is 2.78. The fourth-order valence-corrected chi connectivity index (χ4v) is 1.67. The van der Waals surface area contributed by atoms with E-state index in [1.54, 1.807) is 0 Å². The number of alkyl halides is 3. The highest BCUT2D eigenvalue weighted by molar-refractivity contribution is 5.80. The fourth-order valence-electron chi connectivity index (χ4n) is 1.67. The van der Waals surface area contributed by atoms with Gasteiger partial charge in [-0.2, -0.15) is 18.3 Å². The number of nitrogens with one attached hydrogen (secondary N) is 2. The second-order valence-corrected chi connectivity index (χ2v) is 4.43. The van der Waals surface area contributed by atoms with Gasteiger partial charge in [0.1, 0.15) is 0 Å². The van der Waals surface area contributed by atoms with E-state index in [0.29, 0.717) is 17.7 Å². The number of aromatic nitrogens is 2. The summed E-state index contributed by atoms with van der Waals surface area (Å²) in [5.74, 6) is 0.174. The molecule has 5 nitrogen and oxygen atoms in total. The lowest BCUT2D eigenvalue weighted by Gasteiger charge is -2.05. The first-order chi connectivity index (χ1) is 10.4. The molecule has 0 saturated carbocycles. The number of aromatic amines is 1. The van der Waals surface area contributed by atoms with Gasteiger partial charge in [0.25, 0.3) is 5.56 Å². The van der Waals surface area contributed by atoms with E-state index in [0.717, 1.165) is 12.1 Å². The van der Waals surface area contributed by atoms with Crippen molar-refractivity contribution < 1.29 is 13.2 Å². The van der Waals surface area contributed by atoms with E-state index in [2.05, 4.69) is 20.5 Å². The SMILES string of the molecule is CCc1cc(=O)[nH]c(N/N=C\c2ccc(C(F)(F)F)cc2)n1. The van der Waals surface area contributed by atoms with Gasteiger partial charge >= 0.3 is 6.18 Å². The molecule has 8 heteroatoms. The highest BCUT2D eigenvalue weighted by Gasteiger charge is 2.29. The number of hydrogen-bond donors (Lipinski definition) is 2. The summed E-state index contributed by atoms with van der Waals surface area (Å²) in [6, 6.07) is 5.92. The molecule has 22 heavy (non-hydrogen) atoms. The lowest BCUT2D eigenvalue weighted by Crippen LogP contribution is -2.11. The molecule has 0 aliphatic heterocycles. The minimum absolute atomic E-state index is 0.174. The number of hydrogen-bond acceptors (Lipinski definition) is 4. The Morgan fingerprint density at radius 2 is 2.00 bits per heavy atom. The molecule has 0 fully saturated rings. The van der Waals surface area contributed by atoms with Crippen LogP contribution >= 0.6 is 0 Å². The van der Waals surface area contributed by atoms with Crippen molar-refractivity contribution in [3.63, 3.8) is 0 Å². The van der Waals surface area contributed by atoms with Crippen LogP contribution in [0.2, 0.25) is 0 Å². The number of halogens is 3. The van der Waals surface area contributed by atoms with E-state index in [4.69, 9.17) is 0 Å². The van der Waals surface area contributed by atoms with Gasteiger partial charge in [-0.3, -0.25) is 9.78 Å². The van der Waals surface area contributed by atoms with Crippen LogP contribution in [0.1, 0.15) is 23.7 Å². The molecule has 116 valence electrons. The molecular weight excluding hydrogens is 297 g/mol. The van der Waals surface area contributed by atoms with Crippen molar-refractivity contribution in [2.24, 2.45) is 5.10 Å². The molecule has 2 aromatic rings. The third kappa shape index (κ3) is 4.18. The summed E-state index contributed by atoms with van der Waals surface area (Å²) in [6.07, 6.45) is -2.43. The van der Waals surface area contributed by atoms with E-state index in [1.165, 1.54) is 24.4 Å². The van der Waals surface area contributed by atoms with Gasteiger partial charge in [0.2, 0.25) is 5.95 Å². The van der Waals surface area contributed by atoms with Crippen molar-refractivity contribution in [2.75, 3.05) is 5.43 Å². The molecule has 0 unspecified atom stereocenters. The minimum atomic E-state index is -4.36. The smallest absolute Gasteiger partial charge is 0.291 e. The molecule has 0 radical (unpaired) electrons. The second kappa shape index (κ2) is 6.42. The zero-order valence-electron chi connectivity index (χ0n) is 11.6. The normalized spacial score (nSPS) is 11.8. The molecule has 2 N–H and O–H groups in total. The summed E-state index contributed by atoms with van der Waals surface area (Å²) in [5.41, 5.74) is 2.59. The van der Waals surface area contributed by atoms with Gasteiger partial charge in [0, 0.05) is 11.8 Å². The number of H-pyrrole nitrogens is 1. The van der Waals surface area contributed by atoms with Gasteiger partial charge in [0.15, 0.2) is 0 Å². The molecule has 0 spiro atoms. The highest BCUT2D eigenvalue weighted by Crippen LogP contribution is 2.28. The minimum Gasteiger partial charge on any atom is -0.291 e. The lowest BCUT2D eigenvalue weighted by molar-refractivity contribution is -0.137. The van der Waals surface area contributed by atoms with Crippen LogP contribution in [0.5, 0.6) is 0 Å². The van der Waals surface area contributed by atoms with Gasteiger partial charge in [-0.1, -0.05) is 19.1 Å². The van der Waals surface area contributed by atoms with Crippen LogP contribution in [0.25, 0.3) is 0 Å². The quantitative estimate of drug-likeness (QED) is 0.674. The lowest BCUT2D eigenvalue weighted by atomic mass is 10.1. The van der Waals surface area contributed by atoms with E-state index in [-0.39, 0.29) is 11.5 Å². The predicted octanol–water partition coefficient (Wildman–Crippen LogP) is 2.80. The number of rotatable bonds is 4. The standard InChI is InChI=1S/C14H13F3N4O/c1-2-11-7-12(22)20-13(19-11)21-18-8-9-3-5-10(6-4-9)14(15,16)17/h3-8H,2H2,1H3,(H2,19,20,21,22)/b18-8-. The van der Waals surface area contributed by atoms with Crippen LogP contribution in [0.3, 0.4) is 0 Å². The van der Waals surface area contributed by atoms with E-state index >= 15 is 0 Å². The molecule has 0 aliphatic carbocycles. The maximum absolute atomic E-state index is 12.4. The second-order valence-electron chi connectivity index (χ2n) is 4.43. The Hall–Kier alpha value is -2.64. The maximum Gasteiger partial charge on any atom is 0.416 e. The Balaban J connectivity index is 2.06. The summed E-state index contributed by atoms with van der Waals surface area (Å²) >= 11 is 0. The van der Waals surface area contributed by atoms with Crippen molar-refractivity contribution >= 4 is 12.2 Å². The van der Waals surface area contributed by atoms with Crippen LogP contribution in [0.4, 0.5) is 19.1 Å². The van der Waals surface area contributed by atoms with E-state index in [1.807, 2.05) is 6.92 Å². The molecule has 2 rings (SSSR count). The van der Waals surface area contributed by atoms with Crippen LogP contribution in [-0.4, -0.2) is 16.2 Å². The van der Waals surface area contributed by atoms with Gasteiger partial charge in [-0.25, -0.2) is 10.4 Å². The summed E-state index contributed by atoms with van der Waals surface area (Å²) in [5, 5.41) is 3.83. The van der Waals surface area contributed by atoms with Crippen molar-refractivity contribution in [3.8, 4) is 0 Å². The third-order valence-electron chi connectivity index (χ3n) is 2.78. The van der Waals surface area contributed by atoms with Crippen molar-refractivity contribution in [1.29, 1.82) is 0 Å². The molecule has 1 aromatic carbocycles. The number of aryl methyl sites for hydroxylation is 1. The van der Waals surface area contributed by atoms with E-state index in [9.17, 15) is 18.0 Å². The summed E-state index contributed by atoms with van der Waals surface area (Å²) < 4.78 is 37.2. The molecule has 0 atom stereocenters. The topological polar surface area (TPSA) is 70.1 Å². The Kier molecular flexibility index (Phi) is 4.59. The van der Waals surface area contributed by atoms with Crippen LogP contribution < -0.4 is 11.0 Å². The first-order valence-corrected chi connectivity index (χ1v) is 6.45. The number of hydrazone groups is 1. The predicted molar refractivity (Wildman–Crippen MR) is 76.9 cm³/mol. The monoisotopic (exact) mass is 310 g/mol. The highest BCUT2D eigenvalue weighted by atomic mass is 19.4. The maximum atomic E-state index is 12.4. The number of benzene rings is 1. The Morgan fingerprint density at radius 3 is 2.59 bits per heavy atom.